The van der Waals surface area contributed by atoms with Gasteiger partial charge in [0, 0.05) is 19.1 Å². The molecule has 0 saturated carbocycles. The van der Waals surface area contributed by atoms with Crippen molar-refractivity contribution >= 4 is 5.91 Å². The molecule has 0 unspecified atom stereocenters. The van der Waals surface area contributed by atoms with Crippen LogP contribution in [0.5, 0.6) is 0 Å². The van der Waals surface area contributed by atoms with E-state index in [1.165, 1.54) is 5.56 Å². The first-order valence-electron chi connectivity index (χ1n) is 5.75. The lowest BCUT2D eigenvalue weighted by Crippen LogP contribution is -2.57. The van der Waals surface area contributed by atoms with Crippen molar-refractivity contribution in [2.24, 2.45) is 0 Å². The van der Waals surface area contributed by atoms with E-state index in [-0.39, 0.29) is 11.9 Å². The topological polar surface area (TPSA) is 32.3 Å². The zero-order valence-corrected chi connectivity index (χ0v) is 9.81. The minimum absolute atomic E-state index is 0.0625. The molecule has 86 valence electrons. The van der Waals surface area contributed by atoms with Crippen LogP contribution in [0.1, 0.15) is 19.4 Å². The number of hydrogen-bond donors (Lipinski definition) is 1. The van der Waals surface area contributed by atoms with Crippen molar-refractivity contribution in [2.45, 2.75) is 32.5 Å². The van der Waals surface area contributed by atoms with Crippen LogP contribution in [0.3, 0.4) is 0 Å². The van der Waals surface area contributed by atoms with Crippen LogP contribution < -0.4 is 5.32 Å². The average molecular weight is 218 g/mol. The third-order valence-corrected chi connectivity index (χ3v) is 2.93. The first kappa shape index (κ1) is 11.1. The molecule has 3 heteroatoms. The Hall–Kier alpha value is -1.35. The summed E-state index contributed by atoms with van der Waals surface area (Å²) < 4.78 is 0. The highest BCUT2D eigenvalue weighted by Gasteiger charge is 2.28. The largest absolute Gasteiger partial charge is 0.335 e. The number of nitrogens with one attached hydrogen (secondary N) is 1. The van der Waals surface area contributed by atoms with Crippen LogP contribution in [0.4, 0.5) is 0 Å². The van der Waals surface area contributed by atoms with Gasteiger partial charge in [-0.1, -0.05) is 30.3 Å². The van der Waals surface area contributed by atoms with Gasteiger partial charge in [0.2, 0.25) is 5.91 Å². The molecule has 1 saturated heterocycles. The summed E-state index contributed by atoms with van der Waals surface area (Å²) in [6.07, 6.45) is 0. The lowest BCUT2D eigenvalue weighted by molar-refractivity contribution is -0.136. The summed E-state index contributed by atoms with van der Waals surface area (Å²) >= 11 is 0. The van der Waals surface area contributed by atoms with Crippen molar-refractivity contribution in [1.29, 1.82) is 0 Å². The van der Waals surface area contributed by atoms with Crippen LogP contribution in [0.25, 0.3) is 0 Å². The number of amides is 1. The number of carbonyl (C=O) groups excluding carboxylic acids is 1. The van der Waals surface area contributed by atoms with Gasteiger partial charge < -0.3 is 10.2 Å². The SMILES string of the molecule is C[C@@H]1CN(Cc2ccccc2)C(=O)[C@H](C)N1. The fraction of sp³-hybridized carbons (Fsp3) is 0.462. The first-order valence-corrected chi connectivity index (χ1v) is 5.75. The predicted octanol–water partition coefficient (Wildman–Crippen LogP) is 1.40. The summed E-state index contributed by atoms with van der Waals surface area (Å²) in [4.78, 5) is 13.9. The Balaban J connectivity index is 2.06. The van der Waals surface area contributed by atoms with Crippen molar-refractivity contribution in [1.82, 2.24) is 10.2 Å². The minimum atomic E-state index is -0.0625. The van der Waals surface area contributed by atoms with Gasteiger partial charge in [-0.2, -0.15) is 0 Å². The highest BCUT2D eigenvalue weighted by atomic mass is 16.2. The summed E-state index contributed by atoms with van der Waals surface area (Å²) in [5.41, 5.74) is 1.19. The van der Waals surface area contributed by atoms with E-state index >= 15 is 0 Å². The molecule has 1 aliphatic rings. The van der Waals surface area contributed by atoms with Crippen LogP contribution in [-0.2, 0) is 11.3 Å². The molecule has 0 bridgehead atoms. The Morgan fingerprint density at radius 2 is 2.00 bits per heavy atom. The monoisotopic (exact) mass is 218 g/mol. The molecular formula is C13H18N2O. The van der Waals surface area contributed by atoms with Gasteiger partial charge in [-0.05, 0) is 19.4 Å². The standard InChI is InChI=1S/C13H18N2O/c1-10-8-15(13(16)11(2)14-10)9-12-6-4-3-5-7-12/h3-7,10-11,14H,8-9H2,1-2H3/t10-,11+/m1/s1. The van der Waals surface area contributed by atoms with E-state index in [0.29, 0.717) is 6.04 Å². The van der Waals surface area contributed by atoms with Gasteiger partial charge in [0.1, 0.15) is 0 Å². The number of benzene rings is 1. The zero-order valence-electron chi connectivity index (χ0n) is 9.81. The number of rotatable bonds is 2. The van der Waals surface area contributed by atoms with Crippen LogP contribution in [0, 0.1) is 0 Å². The molecule has 1 aromatic carbocycles. The third kappa shape index (κ3) is 2.42. The molecule has 0 radical (unpaired) electrons. The Kier molecular flexibility index (Phi) is 3.25. The van der Waals surface area contributed by atoms with Crippen LogP contribution in [-0.4, -0.2) is 29.4 Å². The molecule has 0 spiro atoms. The normalized spacial score (nSPS) is 25.9. The zero-order chi connectivity index (χ0) is 11.5. The molecule has 1 aromatic rings. The molecule has 0 aromatic heterocycles. The van der Waals surface area contributed by atoms with E-state index < -0.39 is 0 Å². The molecular weight excluding hydrogens is 200 g/mol. The molecule has 1 N–H and O–H groups in total. The summed E-state index contributed by atoms with van der Waals surface area (Å²) in [7, 11) is 0. The summed E-state index contributed by atoms with van der Waals surface area (Å²) in [5, 5.41) is 3.25. The number of piperazine rings is 1. The molecule has 0 aliphatic carbocycles. The van der Waals surface area contributed by atoms with Crippen LogP contribution in [0.15, 0.2) is 30.3 Å². The van der Waals surface area contributed by atoms with Gasteiger partial charge in [-0.25, -0.2) is 0 Å². The van der Waals surface area contributed by atoms with Gasteiger partial charge in [-0.15, -0.1) is 0 Å². The van der Waals surface area contributed by atoms with Crippen molar-refractivity contribution < 1.29 is 4.79 Å². The second kappa shape index (κ2) is 4.66. The molecule has 1 fully saturated rings. The molecule has 3 nitrogen and oxygen atoms in total. The summed E-state index contributed by atoms with van der Waals surface area (Å²) in [5.74, 6) is 0.196. The first-order chi connectivity index (χ1) is 7.66. The second-order valence-corrected chi connectivity index (χ2v) is 4.49. The predicted molar refractivity (Wildman–Crippen MR) is 63.9 cm³/mol. The van der Waals surface area contributed by atoms with E-state index in [1.807, 2.05) is 30.0 Å². The number of carbonyl (C=O) groups is 1. The average Bonchev–Trinajstić information content (AvgIpc) is 2.27. The lowest BCUT2D eigenvalue weighted by atomic mass is 10.1. The highest BCUT2D eigenvalue weighted by Crippen LogP contribution is 2.11. The fourth-order valence-corrected chi connectivity index (χ4v) is 2.19. The molecule has 2 atom stereocenters. The minimum Gasteiger partial charge on any atom is -0.335 e. The van der Waals surface area contributed by atoms with Gasteiger partial charge in [0.25, 0.3) is 0 Å². The Labute approximate surface area is 96.5 Å². The van der Waals surface area contributed by atoms with Crippen molar-refractivity contribution in [3.63, 3.8) is 0 Å². The van der Waals surface area contributed by atoms with Crippen LogP contribution >= 0.6 is 0 Å². The maximum absolute atomic E-state index is 11.9. The second-order valence-electron chi connectivity index (χ2n) is 4.49. The molecule has 1 heterocycles. The summed E-state index contributed by atoms with van der Waals surface area (Å²) in [6.45, 7) is 5.55. The summed E-state index contributed by atoms with van der Waals surface area (Å²) in [6, 6.07) is 10.4. The van der Waals surface area contributed by atoms with Crippen molar-refractivity contribution in [3.8, 4) is 0 Å². The van der Waals surface area contributed by atoms with Crippen molar-refractivity contribution in [2.75, 3.05) is 6.54 Å². The van der Waals surface area contributed by atoms with E-state index in [0.717, 1.165) is 13.1 Å². The van der Waals surface area contributed by atoms with E-state index in [4.69, 9.17) is 0 Å². The maximum Gasteiger partial charge on any atom is 0.239 e. The molecule has 2 rings (SSSR count). The van der Waals surface area contributed by atoms with Crippen molar-refractivity contribution in [3.05, 3.63) is 35.9 Å². The Morgan fingerprint density at radius 1 is 1.31 bits per heavy atom. The molecule has 16 heavy (non-hydrogen) atoms. The van der Waals surface area contributed by atoms with Gasteiger partial charge in [-0.3, -0.25) is 4.79 Å². The number of hydrogen-bond acceptors (Lipinski definition) is 2. The Bertz CT molecular complexity index is 363. The molecule has 1 amide bonds. The lowest BCUT2D eigenvalue weighted by Gasteiger charge is -2.35. The van der Waals surface area contributed by atoms with E-state index in [2.05, 4.69) is 24.4 Å². The smallest absolute Gasteiger partial charge is 0.239 e. The number of nitrogens with zero attached hydrogens (tertiary/aromatic N) is 1. The van der Waals surface area contributed by atoms with Gasteiger partial charge in [0.05, 0.1) is 6.04 Å². The fourth-order valence-electron chi connectivity index (χ4n) is 2.19. The molecule has 1 aliphatic heterocycles. The van der Waals surface area contributed by atoms with Gasteiger partial charge in [0.15, 0.2) is 0 Å². The quantitative estimate of drug-likeness (QED) is 0.813. The highest BCUT2D eigenvalue weighted by molar-refractivity contribution is 5.82. The Morgan fingerprint density at radius 3 is 2.69 bits per heavy atom. The maximum atomic E-state index is 11.9. The third-order valence-electron chi connectivity index (χ3n) is 2.93. The van der Waals surface area contributed by atoms with E-state index in [1.54, 1.807) is 0 Å². The van der Waals surface area contributed by atoms with E-state index in [9.17, 15) is 4.79 Å². The van der Waals surface area contributed by atoms with Gasteiger partial charge >= 0.3 is 0 Å². The van der Waals surface area contributed by atoms with Crippen LogP contribution in [0.2, 0.25) is 0 Å².